The van der Waals surface area contributed by atoms with Gasteiger partial charge in [-0.2, -0.15) is 0 Å². The molecule has 1 amide bonds. The molecule has 0 saturated heterocycles. The maximum atomic E-state index is 12.8. The monoisotopic (exact) mass is 355 g/mol. The van der Waals surface area contributed by atoms with E-state index in [0.717, 1.165) is 16.1 Å². The van der Waals surface area contributed by atoms with Crippen molar-refractivity contribution in [1.82, 2.24) is 9.55 Å². The van der Waals surface area contributed by atoms with Crippen molar-refractivity contribution in [2.45, 2.75) is 40.7 Å². The van der Waals surface area contributed by atoms with E-state index >= 15 is 0 Å². The molecule has 0 unspecified atom stereocenters. The largest absolute Gasteiger partial charge is 0.322 e. The maximum Gasteiger partial charge on any atom is 0.271 e. The lowest BCUT2D eigenvalue weighted by Crippen LogP contribution is -2.22. The predicted octanol–water partition coefficient (Wildman–Crippen LogP) is 4.22. The number of carbonyl (C=O) groups excluding carboxylic acids is 1. The molecule has 0 aliphatic rings. The van der Waals surface area contributed by atoms with Crippen LogP contribution in [0.3, 0.4) is 0 Å². The molecule has 0 spiro atoms. The third-order valence-corrected chi connectivity index (χ3v) is 5.43. The van der Waals surface area contributed by atoms with Crippen LogP contribution < -0.4 is 10.9 Å². The van der Waals surface area contributed by atoms with Crippen LogP contribution in [0.4, 0.5) is 5.69 Å². The highest BCUT2D eigenvalue weighted by Gasteiger charge is 2.21. The molecule has 2 heterocycles. The van der Waals surface area contributed by atoms with Crippen LogP contribution in [0.2, 0.25) is 0 Å². The van der Waals surface area contributed by atoms with E-state index in [9.17, 15) is 9.59 Å². The highest BCUT2D eigenvalue weighted by Crippen LogP contribution is 2.28. The fourth-order valence-electron chi connectivity index (χ4n) is 2.74. The van der Waals surface area contributed by atoms with Gasteiger partial charge in [0.05, 0.1) is 11.9 Å². The number of hydrogen-bond donors (Lipinski definition) is 1. The zero-order valence-corrected chi connectivity index (χ0v) is 15.8. The van der Waals surface area contributed by atoms with Crippen molar-refractivity contribution < 1.29 is 4.79 Å². The molecule has 0 aliphatic carbocycles. The van der Waals surface area contributed by atoms with Gasteiger partial charge in [-0.1, -0.05) is 6.07 Å². The van der Waals surface area contributed by atoms with Crippen LogP contribution in [0.15, 0.2) is 29.3 Å². The van der Waals surface area contributed by atoms with Crippen molar-refractivity contribution >= 4 is 33.1 Å². The summed E-state index contributed by atoms with van der Waals surface area (Å²) in [6, 6.07) is 5.82. The molecule has 130 valence electrons. The lowest BCUT2D eigenvalue weighted by molar-refractivity contribution is 0.102. The lowest BCUT2D eigenvalue weighted by atomic mass is 10.1. The van der Waals surface area contributed by atoms with Crippen LogP contribution in [0, 0.1) is 20.8 Å². The number of rotatable bonds is 3. The normalized spacial score (nSPS) is 11.3. The van der Waals surface area contributed by atoms with Crippen molar-refractivity contribution in [2.24, 2.45) is 0 Å². The minimum Gasteiger partial charge on any atom is -0.322 e. The standard InChI is InChI=1S/C19H21N3O2S/c1-10(2)22-9-20-16-15(13(5)25-17(16)19(22)24)18(23)21-14-7-6-11(3)12(4)8-14/h6-10H,1-5H3,(H,21,23). The highest BCUT2D eigenvalue weighted by atomic mass is 32.1. The third-order valence-electron chi connectivity index (χ3n) is 4.35. The fraction of sp³-hybridized carbons (Fsp3) is 0.316. The number of benzene rings is 1. The van der Waals surface area contributed by atoms with Gasteiger partial charge in [0.2, 0.25) is 0 Å². The van der Waals surface area contributed by atoms with E-state index in [1.165, 1.54) is 23.2 Å². The first-order valence-electron chi connectivity index (χ1n) is 8.18. The van der Waals surface area contributed by atoms with Gasteiger partial charge in [0.25, 0.3) is 11.5 Å². The number of amides is 1. The molecule has 3 aromatic rings. The first kappa shape index (κ1) is 17.4. The van der Waals surface area contributed by atoms with Crippen molar-refractivity contribution in [1.29, 1.82) is 0 Å². The van der Waals surface area contributed by atoms with Crippen LogP contribution in [0.25, 0.3) is 10.2 Å². The first-order valence-corrected chi connectivity index (χ1v) is 9.00. The summed E-state index contributed by atoms with van der Waals surface area (Å²) >= 11 is 1.32. The van der Waals surface area contributed by atoms with Gasteiger partial charge in [-0.15, -0.1) is 11.3 Å². The van der Waals surface area contributed by atoms with Crippen molar-refractivity contribution in [3.63, 3.8) is 0 Å². The van der Waals surface area contributed by atoms with E-state index in [4.69, 9.17) is 0 Å². The zero-order valence-electron chi connectivity index (χ0n) is 15.0. The molecule has 25 heavy (non-hydrogen) atoms. The van der Waals surface area contributed by atoms with Crippen LogP contribution >= 0.6 is 11.3 Å². The molecule has 0 bridgehead atoms. The first-order chi connectivity index (χ1) is 11.8. The molecule has 0 fully saturated rings. The molecule has 0 saturated carbocycles. The van der Waals surface area contributed by atoms with Crippen molar-refractivity contribution in [2.75, 3.05) is 5.32 Å². The van der Waals surface area contributed by atoms with Gasteiger partial charge in [-0.3, -0.25) is 14.2 Å². The summed E-state index contributed by atoms with van der Waals surface area (Å²) in [6.07, 6.45) is 1.52. The molecule has 3 rings (SSSR count). The molecular weight excluding hydrogens is 334 g/mol. The Morgan fingerprint density at radius 2 is 1.92 bits per heavy atom. The van der Waals surface area contributed by atoms with Gasteiger partial charge in [0, 0.05) is 16.6 Å². The number of anilines is 1. The number of aromatic nitrogens is 2. The van der Waals surface area contributed by atoms with Gasteiger partial charge in [-0.25, -0.2) is 4.98 Å². The summed E-state index contributed by atoms with van der Waals surface area (Å²) in [5, 5.41) is 2.92. The summed E-state index contributed by atoms with van der Waals surface area (Å²) in [6.45, 7) is 9.75. The van der Waals surface area contributed by atoms with Crippen LogP contribution in [0.5, 0.6) is 0 Å². The molecule has 1 N–H and O–H groups in total. The number of nitrogens with one attached hydrogen (secondary N) is 1. The van der Waals surface area contributed by atoms with Gasteiger partial charge < -0.3 is 5.32 Å². The number of aryl methyl sites for hydroxylation is 3. The topological polar surface area (TPSA) is 64.0 Å². The van der Waals surface area contributed by atoms with Crippen molar-refractivity contribution in [3.05, 3.63) is 56.4 Å². The number of carbonyl (C=O) groups is 1. The summed E-state index contributed by atoms with van der Waals surface area (Å²) in [5.41, 5.74) is 3.88. The quantitative estimate of drug-likeness (QED) is 0.765. The van der Waals surface area contributed by atoms with Gasteiger partial charge >= 0.3 is 0 Å². The Labute approximate surface area is 150 Å². The Hall–Kier alpha value is -2.47. The average Bonchev–Trinajstić information content (AvgIpc) is 2.88. The average molecular weight is 355 g/mol. The number of fused-ring (bicyclic) bond motifs is 1. The van der Waals surface area contributed by atoms with E-state index in [2.05, 4.69) is 10.3 Å². The van der Waals surface area contributed by atoms with E-state index < -0.39 is 0 Å². The lowest BCUT2D eigenvalue weighted by Gasteiger charge is -2.09. The summed E-state index contributed by atoms with van der Waals surface area (Å²) in [5.74, 6) is -0.235. The summed E-state index contributed by atoms with van der Waals surface area (Å²) < 4.78 is 2.11. The molecule has 6 heteroatoms. The number of hydrogen-bond acceptors (Lipinski definition) is 4. The second-order valence-corrected chi connectivity index (χ2v) is 7.74. The Bertz CT molecular complexity index is 1030. The molecule has 1 aromatic carbocycles. The second kappa shape index (κ2) is 6.44. The third kappa shape index (κ3) is 3.09. The summed E-state index contributed by atoms with van der Waals surface area (Å²) in [7, 11) is 0. The van der Waals surface area contributed by atoms with Crippen molar-refractivity contribution in [3.8, 4) is 0 Å². The predicted molar refractivity (Wildman–Crippen MR) is 103 cm³/mol. The Balaban J connectivity index is 2.04. The van der Waals surface area contributed by atoms with Crippen LogP contribution in [-0.2, 0) is 0 Å². The highest BCUT2D eigenvalue weighted by molar-refractivity contribution is 7.19. The van der Waals surface area contributed by atoms with E-state index in [1.54, 1.807) is 4.57 Å². The second-order valence-electron chi connectivity index (χ2n) is 6.51. The number of thiophene rings is 1. The smallest absolute Gasteiger partial charge is 0.271 e. The summed E-state index contributed by atoms with van der Waals surface area (Å²) in [4.78, 5) is 30.6. The van der Waals surface area contributed by atoms with Crippen LogP contribution in [0.1, 0.15) is 46.3 Å². The Morgan fingerprint density at radius 3 is 2.56 bits per heavy atom. The van der Waals surface area contributed by atoms with Gasteiger partial charge in [0.15, 0.2) is 0 Å². The molecule has 5 nitrogen and oxygen atoms in total. The van der Waals surface area contributed by atoms with Gasteiger partial charge in [0.1, 0.15) is 10.2 Å². The molecule has 0 aliphatic heterocycles. The Morgan fingerprint density at radius 1 is 1.20 bits per heavy atom. The molecule has 2 aromatic heterocycles. The van der Waals surface area contributed by atoms with Crippen LogP contribution in [-0.4, -0.2) is 15.5 Å². The maximum absolute atomic E-state index is 12.8. The fourth-order valence-corrected chi connectivity index (χ4v) is 3.78. The molecular formula is C19H21N3O2S. The molecule has 0 radical (unpaired) electrons. The Kier molecular flexibility index (Phi) is 4.47. The molecule has 0 atom stereocenters. The SMILES string of the molecule is Cc1ccc(NC(=O)c2c(C)sc3c(=O)n(C(C)C)cnc23)cc1C. The van der Waals surface area contributed by atoms with E-state index in [0.29, 0.717) is 15.8 Å². The minimum absolute atomic E-state index is 0.0274. The zero-order chi connectivity index (χ0) is 18.3. The minimum atomic E-state index is -0.235. The van der Waals surface area contributed by atoms with E-state index in [-0.39, 0.29) is 17.5 Å². The van der Waals surface area contributed by atoms with Gasteiger partial charge in [-0.05, 0) is 57.9 Å². The van der Waals surface area contributed by atoms with E-state index in [1.807, 2.05) is 52.8 Å². The number of nitrogens with zero attached hydrogens (tertiary/aromatic N) is 2.